The lowest BCUT2D eigenvalue weighted by Crippen LogP contribution is -2.53. The smallest absolute Gasteiger partial charge is 0.417 e. The van der Waals surface area contributed by atoms with Crippen molar-refractivity contribution < 1.29 is 14.3 Å². The van der Waals surface area contributed by atoms with E-state index >= 15 is 0 Å². The molecule has 0 bridgehead atoms. The Morgan fingerprint density at radius 3 is 2.63 bits per heavy atom. The maximum atomic E-state index is 13.0. The summed E-state index contributed by atoms with van der Waals surface area (Å²) in [5.74, 6) is 0.407. The number of ether oxygens (including phenoxy) is 2. The van der Waals surface area contributed by atoms with Crippen LogP contribution in [0.15, 0.2) is 48.9 Å². The fraction of sp³-hybridized carbons (Fsp3) is 0.320. The van der Waals surface area contributed by atoms with Gasteiger partial charge in [-0.2, -0.15) is 5.10 Å². The lowest BCUT2D eigenvalue weighted by atomic mass is 10.0. The van der Waals surface area contributed by atoms with Gasteiger partial charge in [0.2, 0.25) is 0 Å². The van der Waals surface area contributed by atoms with Crippen molar-refractivity contribution >= 4 is 17.1 Å². The summed E-state index contributed by atoms with van der Waals surface area (Å²) in [4.78, 5) is 30.5. The van der Waals surface area contributed by atoms with E-state index in [2.05, 4.69) is 25.0 Å². The van der Waals surface area contributed by atoms with E-state index in [4.69, 9.17) is 9.47 Å². The lowest BCUT2D eigenvalue weighted by Gasteiger charge is -2.37. The van der Waals surface area contributed by atoms with E-state index in [0.717, 1.165) is 29.9 Å². The first-order valence-electron chi connectivity index (χ1n) is 11.4. The molecule has 0 spiro atoms. The minimum atomic E-state index is -0.458. The van der Waals surface area contributed by atoms with Crippen molar-refractivity contribution in [2.24, 2.45) is 7.05 Å². The van der Waals surface area contributed by atoms with Gasteiger partial charge in [-0.3, -0.25) is 4.68 Å². The monoisotopic (exact) mass is 473 g/mol. The molecule has 0 aliphatic carbocycles. The van der Waals surface area contributed by atoms with E-state index in [1.165, 1.54) is 13.4 Å². The number of pyridine rings is 1. The largest absolute Gasteiger partial charge is 0.491 e. The molecule has 1 amide bonds. The molecule has 10 heteroatoms. The molecule has 4 heterocycles. The standard InChI is InChI=1S/C25H27N7O3/c1-16-13-30(2)10-11-32(16)25(33)35-24-20(34-4)12-19-23(28-24)22(27-15-26-19)18-14-31(3)29-21(18)17-8-6-5-7-9-17/h5-9,12,14-16H,10-11,13H2,1-4H3/t16-/m0/s1. The summed E-state index contributed by atoms with van der Waals surface area (Å²) in [6.45, 7) is 4.14. The summed E-state index contributed by atoms with van der Waals surface area (Å²) in [6.07, 6.45) is 2.92. The van der Waals surface area contributed by atoms with Gasteiger partial charge >= 0.3 is 6.09 Å². The molecule has 1 atom stereocenters. The van der Waals surface area contributed by atoms with Crippen LogP contribution in [0.1, 0.15) is 6.92 Å². The van der Waals surface area contributed by atoms with Crippen LogP contribution in [0, 0.1) is 0 Å². The molecule has 180 valence electrons. The fourth-order valence-corrected chi connectivity index (χ4v) is 4.39. The first-order chi connectivity index (χ1) is 16.9. The minimum absolute atomic E-state index is 0.0235. The predicted molar refractivity (Wildman–Crippen MR) is 131 cm³/mol. The molecule has 0 saturated carbocycles. The Morgan fingerprint density at radius 2 is 1.89 bits per heavy atom. The van der Waals surface area contributed by atoms with Crippen molar-refractivity contribution in [3.63, 3.8) is 0 Å². The van der Waals surface area contributed by atoms with Crippen LogP contribution in [0.5, 0.6) is 11.6 Å². The number of nitrogens with zero attached hydrogens (tertiary/aromatic N) is 7. The number of likely N-dealkylation sites (N-methyl/N-ethyl adjacent to an activating group) is 1. The highest BCUT2D eigenvalue weighted by Gasteiger charge is 2.29. The maximum absolute atomic E-state index is 13.0. The van der Waals surface area contributed by atoms with Crippen molar-refractivity contribution in [1.29, 1.82) is 0 Å². The van der Waals surface area contributed by atoms with Crippen molar-refractivity contribution in [2.45, 2.75) is 13.0 Å². The number of hydrogen-bond donors (Lipinski definition) is 0. The molecule has 1 aliphatic heterocycles. The summed E-state index contributed by atoms with van der Waals surface area (Å²) in [5.41, 5.74) is 4.19. The van der Waals surface area contributed by atoms with Gasteiger partial charge in [0.1, 0.15) is 23.2 Å². The average molecular weight is 474 g/mol. The number of amides is 1. The topological polar surface area (TPSA) is 98.5 Å². The van der Waals surface area contributed by atoms with Gasteiger partial charge in [-0.05, 0) is 14.0 Å². The van der Waals surface area contributed by atoms with E-state index in [1.54, 1.807) is 15.6 Å². The molecule has 0 N–H and O–H groups in total. The van der Waals surface area contributed by atoms with Crippen molar-refractivity contribution in [2.75, 3.05) is 33.8 Å². The van der Waals surface area contributed by atoms with Crippen LogP contribution in [-0.2, 0) is 7.05 Å². The van der Waals surface area contributed by atoms with Gasteiger partial charge in [-0.25, -0.2) is 19.7 Å². The third-order valence-electron chi connectivity index (χ3n) is 6.14. The molecule has 1 aromatic carbocycles. The molecule has 35 heavy (non-hydrogen) atoms. The minimum Gasteiger partial charge on any atom is -0.491 e. The van der Waals surface area contributed by atoms with Gasteiger partial charge in [0.25, 0.3) is 5.88 Å². The molecule has 1 aliphatic rings. The number of hydrogen-bond acceptors (Lipinski definition) is 8. The Balaban J connectivity index is 1.57. The molecule has 0 unspecified atom stereocenters. The van der Waals surface area contributed by atoms with Gasteiger partial charge in [0.15, 0.2) is 5.75 Å². The first kappa shape index (κ1) is 22.7. The Bertz CT molecular complexity index is 1370. The summed E-state index contributed by atoms with van der Waals surface area (Å²) in [5, 5.41) is 4.65. The highest BCUT2D eigenvalue weighted by atomic mass is 16.6. The molecule has 4 aromatic rings. The first-order valence-corrected chi connectivity index (χ1v) is 11.4. The number of benzene rings is 1. The van der Waals surface area contributed by atoms with Crippen molar-refractivity contribution in [3.05, 3.63) is 48.9 Å². The Kier molecular flexibility index (Phi) is 6.04. The van der Waals surface area contributed by atoms with Crippen LogP contribution in [0.3, 0.4) is 0 Å². The zero-order chi connectivity index (χ0) is 24.5. The number of rotatable bonds is 4. The lowest BCUT2D eigenvalue weighted by molar-refractivity contribution is 0.0876. The number of piperazine rings is 1. The second kappa shape index (κ2) is 9.30. The van der Waals surface area contributed by atoms with Crippen LogP contribution in [0.2, 0.25) is 0 Å². The SMILES string of the molecule is COc1cc2ncnc(-c3cn(C)nc3-c3ccccc3)c2nc1OC(=O)N1CCN(C)C[C@@H]1C. The number of carbonyl (C=O) groups excluding carboxylic acids is 1. The zero-order valence-electron chi connectivity index (χ0n) is 20.2. The average Bonchev–Trinajstić information content (AvgIpc) is 3.25. The van der Waals surface area contributed by atoms with Gasteiger partial charge in [-0.15, -0.1) is 0 Å². The fourth-order valence-electron chi connectivity index (χ4n) is 4.39. The van der Waals surface area contributed by atoms with Crippen LogP contribution < -0.4 is 9.47 Å². The zero-order valence-corrected chi connectivity index (χ0v) is 20.2. The van der Waals surface area contributed by atoms with E-state index in [-0.39, 0.29) is 11.9 Å². The summed E-state index contributed by atoms with van der Waals surface area (Å²) in [7, 11) is 5.41. The molecule has 1 saturated heterocycles. The van der Waals surface area contributed by atoms with Gasteiger partial charge in [0, 0.05) is 56.1 Å². The Labute approximate surface area is 203 Å². The summed E-state index contributed by atoms with van der Waals surface area (Å²) < 4.78 is 13.0. The van der Waals surface area contributed by atoms with Crippen LogP contribution in [0.25, 0.3) is 33.5 Å². The normalized spacial score (nSPS) is 16.5. The number of aromatic nitrogens is 5. The quantitative estimate of drug-likeness (QED) is 0.446. The molecule has 1 fully saturated rings. The van der Waals surface area contributed by atoms with Crippen molar-refractivity contribution in [1.82, 2.24) is 34.5 Å². The molecule has 5 rings (SSSR count). The number of methoxy groups -OCH3 is 1. The second-order valence-electron chi connectivity index (χ2n) is 8.69. The van der Waals surface area contributed by atoms with Crippen LogP contribution >= 0.6 is 0 Å². The number of fused-ring (bicyclic) bond motifs is 1. The van der Waals surface area contributed by atoms with Gasteiger partial charge < -0.3 is 19.3 Å². The summed E-state index contributed by atoms with van der Waals surface area (Å²) in [6, 6.07) is 11.6. The van der Waals surface area contributed by atoms with E-state index in [0.29, 0.717) is 29.0 Å². The van der Waals surface area contributed by atoms with Crippen LogP contribution in [0.4, 0.5) is 4.79 Å². The third kappa shape index (κ3) is 4.40. The highest BCUT2D eigenvalue weighted by Crippen LogP contribution is 2.36. The molecule has 0 radical (unpaired) electrons. The number of carbonyl (C=O) groups is 1. The van der Waals surface area contributed by atoms with E-state index < -0.39 is 6.09 Å². The van der Waals surface area contributed by atoms with Crippen LogP contribution in [-0.4, -0.2) is 80.5 Å². The van der Waals surface area contributed by atoms with Gasteiger partial charge in [0.05, 0.1) is 12.6 Å². The second-order valence-corrected chi connectivity index (χ2v) is 8.69. The van der Waals surface area contributed by atoms with E-state index in [9.17, 15) is 4.79 Å². The molecular formula is C25H27N7O3. The Morgan fingerprint density at radius 1 is 1.09 bits per heavy atom. The summed E-state index contributed by atoms with van der Waals surface area (Å²) >= 11 is 0. The highest BCUT2D eigenvalue weighted by molar-refractivity contribution is 5.94. The van der Waals surface area contributed by atoms with Crippen molar-refractivity contribution in [3.8, 4) is 34.1 Å². The Hall–Kier alpha value is -4.05. The predicted octanol–water partition coefficient (Wildman–Crippen LogP) is 3.24. The molecular weight excluding hydrogens is 446 g/mol. The third-order valence-corrected chi connectivity index (χ3v) is 6.14. The molecule has 3 aromatic heterocycles. The molecule has 10 nitrogen and oxygen atoms in total. The van der Waals surface area contributed by atoms with Gasteiger partial charge in [-0.1, -0.05) is 30.3 Å². The maximum Gasteiger partial charge on any atom is 0.417 e. The number of aryl methyl sites for hydroxylation is 1. The van der Waals surface area contributed by atoms with E-state index in [1.807, 2.05) is 57.5 Å².